The molecule has 0 radical (unpaired) electrons. The Hall–Kier alpha value is 0.400. The first kappa shape index (κ1) is 13.5. The zero-order valence-corrected chi connectivity index (χ0v) is 11.8. The Bertz CT molecular complexity index is 160. The maximum absolute atomic E-state index is 3.53. The van der Waals surface area contributed by atoms with Crippen LogP contribution < -0.4 is 0 Å². The molecule has 0 bridgehead atoms. The topological polar surface area (TPSA) is 6.48 Å². The number of halogens is 1. The van der Waals surface area contributed by atoms with Crippen LogP contribution >= 0.6 is 15.9 Å². The summed E-state index contributed by atoms with van der Waals surface area (Å²) in [5.74, 6) is 0. The summed E-state index contributed by atoms with van der Waals surface area (Å²) in [5.41, 5.74) is 0. The molecule has 0 unspecified atom stereocenters. The smallest absolute Gasteiger partial charge is 0.0159 e. The predicted molar refractivity (Wildman–Crippen MR) is 70.8 cm³/mol. The third kappa shape index (κ3) is 4.41. The summed E-state index contributed by atoms with van der Waals surface area (Å²) in [4.78, 5) is 5.27. The van der Waals surface area contributed by atoms with E-state index in [9.17, 15) is 0 Å². The molecule has 0 saturated carbocycles. The van der Waals surface area contributed by atoms with Gasteiger partial charge in [-0.05, 0) is 32.4 Å². The van der Waals surface area contributed by atoms with Crippen molar-refractivity contribution in [3.63, 3.8) is 0 Å². The first-order valence-corrected chi connectivity index (χ1v) is 7.46. The summed E-state index contributed by atoms with van der Waals surface area (Å²) in [6, 6.07) is 0.814. The Balaban J connectivity index is 2.37. The molecule has 1 saturated heterocycles. The zero-order chi connectivity index (χ0) is 11.1. The molecule has 1 aliphatic heterocycles. The summed E-state index contributed by atoms with van der Waals surface area (Å²) in [6.45, 7) is 10.9. The van der Waals surface area contributed by atoms with Gasteiger partial charge in [0.2, 0.25) is 0 Å². The first-order valence-electron chi connectivity index (χ1n) is 6.34. The Morgan fingerprint density at radius 3 is 2.40 bits per heavy atom. The number of nitrogens with zero attached hydrogens (tertiary/aromatic N) is 2. The Morgan fingerprint density at radius 1 is 1.07 bits per heavy atom. The van der Waals surface area contributed by atoms with E-state index >= 15 is 0 Å². The molecule has 1 aliphatic rings. The summed E-state index contributed by atoms with van der Waals surface area (Å²) >= 11 is 3.53. The second-order valence-electron chi connectivity index (χ2n) is 4.39. The average Bonchev–Trinajstić information content (AvgIpc) is 2.47. The molecule has 1 rings (SSSR count). The Labute approximate surface area is 103 Å². The molecule has 0 amide bonds. The monoisotopic (exact) mass is 276 g/mol. The SMILES string of the molecule is CCC(CC)N1CCCN(CCBr)CC1. The van der Waals surface area contributed by atoms with Crippen molar-refractivity contribution in [3.8, 4) is 0 Å². The van der Waals surface area contributed by atoms with E-state index in [4.69, 9.17) is 0 Å². The standard InChI is InChI=1S/C12H25BrN2/c1-3-12(4-2)15-8-5-7-14(9-6-13)10-11-15/h12H,3-11H2,1-2H3. The molecule has 0 N–H and O–H groups in total. The minimum absolute atomic E-state index is 0.814. The van der Waals surface area contributed by atoms with Gasteiger partial charge < -0.3 is 4.90 Å². The highest BCUT2D eigenvalue weighted by Gasteiger charge is 2.18. The van der Waals surface area contributed by atoms with Crippen LogP contribution in [0.5, 0.6) is 0 Å². The minimum atomic E-state index is 0.814. The lowest BCUT2D eigenvalue weighted by Crippen LogP contribution is -2.38. The van der Waals surface area contributed by atoms with Gasteiger partial charge in [0.05, 0.1) is 0 Å². The van der Waals surface area contributed by atoms with Crippen molar-refractivity contribution in [2.75, 3.05) is 38.1 Å². The molecular formula is C12H25BrN2. The quantitative estimate of drug-likeness (QED) is 0.713. The van der Waals surface area contributed by atoms with Crippen molar-refractivity contribution in [3.05, 3.63) is 0 Å². The van der Waals surface area contributed by atoms with Crippen LogP contribution in [0.3, 0.4) is 0 Å². The van der Waals surface area contributed by atoms with Gasteiger partial charge in [-0.1, -0.05) is 29.8 Å². The second kappa shape index (κ2) is 7.64. The van der Waals surface area contributed by atoms with Crippen molar-refractivity contribution in [1.29, 1.82) is 0 Å². The molecular weight excluding hydrogens is 252 g/mol. The molecule has 0 aromatic carbocycles. The van der Waals surface area contributed by atoms with Crippen LogP contribution in [0.1, 0.15) is 33.1 Å². The molecule has 0 spiro atoms. The van der Waals surface area contributed by atoms with Crippen LogP contribution in [-0.2, 0) is 0 Å². The van der Waals surface area contributed by atoms with Gasteiger partial charge in [-0.25, -0.2) is 0 Å². The lowest BCUT2D eigenvalue weighted by Gasteiger charge is -2.29. The third-order valence-corrected chi connectivity index (χ3v) is 3.84. The van der Waals surface area contributed by atoms with E-state index in [-0.39, 0.29) is 0 Å². The normalized spacial score (nSPS) is 20.8. The van der Waals surface area contributed by atoms with Crippen molar-refractivity contribution in [2.45, 2.75) is 39.2 Å². The molecule has 0 aromatic heterocycles. The van der Waals surface area contributed by atoms with Gasteiger partial charge >= 0.3 is 0 Å². The van der Waals surface area contributed by atoms with Gasteiger partial charge in [-0.3, -0.25) is 4.90 Å². The average molecular weight is 277 g/mol. The van der Waals surface area contributed by atoms with E-state index in [1.54, 1.807) is 0 Å². The van der Waals surface area contributed by atoms with Crippen LogP contribution in [0.25, 0.3) is 0 Å². The van der Waals surface area contributed by atoms with Crippen LogP contribution in [0.15, 0.2) is 0 Å². The van der Waals surface area contributed by atoms with Crippen molar-refractivity contribution >= 4 is 15.9 Å². The predicted octanol–water partition coefficient (Wildman–Crippen LogP) is 2.58. The highest BCUT2D eigenvalue weighted by atomic mass is 79.9. The van der Waals surface area contributed by atoms with E-state index < -0.39 is 0 Å². The van der Waals surface area contributed by atoms with E-state index in [0.717, 1.165) is 11.4 Å². The van der Waals surface area contributed by atoms with Crippen LogP contribution in [0.2, 0.25) is 0 Å². The summed E-state index contributed by atoms with van der Waals surface area (Å²) < 4.78 is 0. The van der Waals surface area contributed by atoms with Crippen molar-refractivity contribution in [1.82, 2.24) is 9.80 Å². The molecule has 1 fully saturated rings. The molecule has 1 heterocycles. The Kier molecular flexibility index (Phi) is 6.86. The lowest BCUT2D eigenvalue weighted by molar-refractivity contribution is 0.189. The second-order valence-corrected chi connectivity index (χ2v) is 5.18. The highest BCUT2D eigenvalue weighted by Crippen LogP contribution is 2.12. The molecule has 2 nitrogen and oxygen atoms in total. The maximum atomic E-state index is 3.53. The lowest BCUT2D eigenvalue weighted by atomic mass is 10.1. The fourth-order valence-electron chi connectivity index (χ4n) is 2.50. The van der Waals surface area contributed by atoms with E-state index in [1.165, 1.54) is 52.0 Å². The van der Waals surface area contributed by atoms with E-state index in [0.29, 0.717) is 0 Å². The van der Waals surface area contributed by atoms with E-state index in [2.05, 4.69) is 39.6 Å². The fourth-order valence-corrected chi connectivity index (χ4v) is 3.01. The third-order valence-electron chi connectivity index (χ3n) is 3.48. The van der Waals surface area contributed by atoms with Gasteiger partial charge in [0.1, 0.15) is 0 Å². The molecule has 3 heteroatoms. The van der Waals surface area contributed by atoms with Gasteiger partial charge in [0.25, 0.3) is 0 Å². The molecule has 0 aromatic rings. The molecule has 90 valence electrons. The van der Waals surface area contributed by atoms with Gasteiger partial charge in [-0.15, -0.1) is 0 Å². The number of hydrogen-bond donors (Lipinski definition) is 0. The fraction of sp³-hybridized carbons (Fsp3) is 1.00. The van der Waals surface area contributed by atoms with Crippen LogP contribution in [-0.4, -0.2) is 53.9 Å². The minimum Gasteiger partial charge on any atom is -0.301 e. The molecule has 15 heavy (non-hydrogen) atoms. The van der Waals surface area contributed by atoms with E-state index in [1.807, 2.05) is 0 Å². The highest BCUT2D eigenvalue weighted by molar-refractivity contribution is 9.09. The summed E-state index contributed by atoms with van der Waals surface area (Å²) in [7, 11) is 0. The Morgan fingerprint density at radius 2 is 1.80 bits per heavy atom. The van der Waals surface area contributed by atoms with Crippen LogP contribution in [0, 0.1) is 0 Å². The zero-order valence-electron chi connectivity index (χ0n) is 10.2. The summed E-state index contributed by atoms with van der Waals surface area (Å²) in [6.07, 6.45) is 3.94. The maximum Gasteiger partial charge on any atom is 0.0159 e. The first-order chi connectivity index (χ1) is 7.31. The molecule has 0 aliphatic carbocycles. The number of alkyl halides is 1. The number of rotatable bonds is 5. The van der Waals surface area contributed by atoms with Gasteiger partial charge in [0.15, 0.2) is 0 Å². The van der Waals surface area contributed by atoms with Gasteiger partial charge in [-0.2, -0.15) is 0 Å². The van der Waals surface area contributed by atoms with Crippen LogP contribution in [0.4, 0.5) is 0 Å². The molecule has 0 atom stereocenters. The van der Waals surface area contributed by atoms with Crippen molar-refractivity contribution < 1.29 is 0 Å². The van der Waals surface area contributed by atoms with Crippen molar-refractivity contribution in [2.24, 2.45) is 0 Å². The largest absolute Gasteiger partial charge is 0.301 e. The number of hydrogen-bond acceptors (Lipinski definition) is 2. The van der Waals surface area contributed by atoms with Gasteiger partial charge in [0, 0.05) is 31.0 Å². The summed E-state index contributed by atoms with van der Waals surface area (Å²) in [5, 5.41) is 1.11.